The van der Waals surface area contributed by atoms with Gasteiger partial charge in [-0.05, 0) is 68.3 Å². The number of hydrogen-bond acceptors (Lipinski definition) is 1. The third-order valence-corrected chi connectivity index (χ3v) is 4.71. The van der Waals surface area contributed by atoms with E-state index in [0.29, 0.717) is 11.8 Å². The van der Waals surface area contributed by atoms with E-state index in [0.717, 1.165) is 30.5 Å². The molecule has 1 N–H and O–H groups in total. The topological polar surface area (TPSA) is 12.0 Å². The van der Waals surface area contributed by atoms with Crippen LogP contribution in [0.15, 0.2) is 18.2 Å². The van der Waals surface area contributed by atoms with Gasteiger partial charge in [-0.3, -0.25) is 0 Å². The Labute approximate surface area is 120 Å². The molecule has 0 radical (unpaired) electrons. The lowest BCUT2D eigenvalue weighted by Gasteiger charge is -2.36. The van der Waals surface area contributed by atoms with Gasteiger partial charge < -0.3 is 5.32 Å². The Morgan fingerprint density at radius 1 is 1.10 bits per heavy atom. The van der Waals surface area contributed by atoms with Crippen LogP contribution in [0.25, 0.3) is 0 Å². The molecular formula is C17H25F2N. The molecule has 1 nitrogen and oxygen atoms in total. The predicted molar refractivity (Wildman–Crippen MR) is 78.6 cm³/mol. The van der Waals surface area contributed by atoms with Crippen LogP contribution < -0.4 is 5.32 Å². The zero-order chi connectivity index (χ0) is 14.5. The largest absolute Gasteiger partial charge is 0.319 e. The normalized spacial score (nSPS) is 26.7. The maximum Gasteiger partial charge on any atom is 0.126 e. The van der Waals surface area contributed by atoms with Crippen LogP contribution in [-0.4, -0.2) is 13.6 Å². The zero-order valence-corrected chi connectivity index (χ0v) is 12.5. The molecule has 20 heavy (non-hydrogen) atoms. The summed E-state index contributed by atoms with van der Waals surface area (Å²) in [6, 6.07) is 3.91. The molecule has 1 aliphatic rings. The minimum absolute atomic E-state index is 0.465. The monoisotopic (exact) mass is 281 g/mol. The zero-order valence-electron chi connectivity index (χ0n) is 12.5. The Hall–Kier alpha value is -0.960. The summed E-state index contributed by atoms with van der Waals surface area (Å²) >= 11 is 0. The first kappa shape index (κ1) is 15.4. The van der Waals surface area contributed by atoms with E-state index in [2.05, 4.69) is 12.2 Å². The van der Waals surface area contributed by atoms with Crippen molar-refractivity contribution >= 4 is 0 Å². The number of rotatable bonds is 5. The van der Waals surface area contributed by atoms with E-state index < -0.39 is 11.6 Å². The van der Waals surface area contributed by atoms with Gasteiger partial charge in [0, 0.05) is 6.07 Å². The standard InChI is InChI=1S/C17H25F2N/c1-3-12-4-5-14(11-20-2)15(6-12)7-13-8-16(18)10-17(19)9-13/h8-10,12,14-15,20H,3-7,11H2,1-2H3. The highest BCUT2D eigenvalue weighted by Gasteiger charge is 2.29. The lowest BCUT2D eigenvalue weighted by Crippen LogP contribution is -2.33. The van der Waals surface area contributed by atoms with Crippen molar-refractivity contribution in [3.05, 3.63) is 35.4 Å². The maximum absolute atomic E-state index is 13.3. The first-order chi connectivity index (χ1) is 9.62. The molecule has 0 amide bonds. The van der Waals surface area contributed by atoms with Gasteiger partial charge in [0.15, 0.2) is 0 Å². The van der Waals surface area contributed by atoms with Crippen molar-refractivity contribution in [2.75, 3.05) is 13.6 Å². The van der Waals surface area contributed by atoms with E-state index in [1.165, 1.54) is 37.8 Å². The molecule has 3 heteroatoms. The van der Waals surface area contributed by atoms with Crippen LogP contribution in [0.5, 0.6) is 0 Å². The Kier molecular flexibility index (Phi) is 5.53. The van der Waals surface area contributed by atoms with Crippen molar-refractivity contribution in [2.24, 2.45) is 17.8 Å². The molecule has 3 unspecified atom stereocenters. The van der Waals surface area contributed by atoms with Gasteiger partial charge in [-0.25, -0.2) is 8.78 Å². The quantitative estimate of drug-likeness (QED) is 0.854. The van der Waals surface area contributed by atoms with Crippen LogP contribution >= 0.6 is 0 Å². The number of halogens is 2. The molecular weight excluding hydrogens is 256 g/mol. The van der Waals surface area contributed by atoms with Gasteiger partial charge in [0.05, 0.1) is 0 Å². The van der Waals surface area contributed by atoms with Crippen LogP contribution in [-0.2, 0) is 6.42 Å². The summed E-state index contributed by atoms with van der Waals surface area (Å²) in [5.74, 6) is 0.990. The third-order valence-electron chi connectivity index (χ3n) is 4.71. The van der Waals surface area contributed by atoms with E-state index in [1.807, 2.05) is 7.05 Å². The number of benzene rings is 1. The second-order valence-electron chi connectivity index (χ2n) is 6.15. The first-order valence-corrected chi connectivity index (χ1v) is 7.72. The molecule has 0 aromatic heterocycles. The minimum atomic E-state index is -0.465. The molecule has 1 fully saturated rings. The van der Waals surface area contributed by atoms with Gasteiger partial charge in [0.1, 0.15) is 11.6 Å². The highest BCUT2D eigenvalue weighted by atomic mass is 19.1. The van der Waals surface area contributed by atoms with Gasteiger partial charge in [-0.15, -0.1) is 0 Å². The molecule has 3 atom stereocenters. The van der Waals surface area contributed by atoms with Crippen molar-refractivity contribution < 1.29 is 8.78 Å². The summed E-state index contributed by atoms with van der Waals surface area (Å²) < 4.78 is 26.6. The van der Waals surface area contributed by atoms with Gasteiger partial charge in [0.2, 0.25) is 0 Å². The molecule has 0 bridgehead atoms. The van der Waals surface area contributed by atoms with Crippen molar-refractivity contribution in [1.82, 2.24) is 5.32 Å². The second kappa shape index (κ2) is 7.16. The molecule has 112 valence electrons. The van der Waals surface area contributed by atoms with Gasteiger partial charge in [-0.1, -0.05) is 19.8 Å². The Morgan fingerprint density at radius 2 is 1.80 bits per heavy atom. The van der Waals surface area contributed by atoms with Crippen molar-refractivity contribution in [2.45, 2.75) is 39.0 Å². The molecule has 1 aromatic carbocycles. The van der Waals surface area contributed by atoms with Crippen LogP contribution in [0.4, 0.5) is 8.78 Å². The summed E-state index contributed by atoms with van der Waals surface area (Å²) in [7, 11) is 1.98. The molecule has 1 aliphatic carbocycles. The fraction of sp³-hybridized carbons (Fsp3) is 0.647. The lowest BCUT2D eigenvalue weighted by atomic mass is 9.71. The molecule has 0 saturated heterocycles. The smallest absolute Gasteiger partial charge is 0.126 e. The van der Waals surface area contributed by atoms with E-state index in [1.54, 1.807) is 0 Å². The summed E-state index contributed by atoms with van der Waals surface area (Å²) in [5.41, 5.74) is 0.797. The van der Waals surface area contributed by atoms with E-state index in [4.69, 9.17) is 0 Å². The Balaban J connectivity index is 2.09. The minimum Gasteiger partial charge on any atom is -0.319 e. The predicted octanol–water partition coefficient (Wildman–Crippen LogP) is 4.17. The SMILES string of the molecule is CCC1CCC(CNC)C(Cc2cc(F)cc(F)c2)C1. The molecule has 0 spiro atoms. The number of nitrogens with one attached hydrogen (secondary N) is 1. The summed E-state index contributed by atoms with van der Waals surface area (Å²) in [6.45, 7) is 3.24. The second-order valence-corrected chi connectivity index (χ2v) is 6.15. The van der Waals surface area contributed by atoms with Crippen molar-refractivity contribution in [3.8, 4) is 0 Å². The highest BCUT2D eigenvalue weighted by molar-refractivity contribution is 5.18. The van der Waals surface area contributed by atoms with E-state index in [9.17, 15) is 8.78 Å². The Morgan fingerprint density at radius 3 is 2.40 bits per heavy atom. The maximum atomic E-state index is 13.3. The summed E-state index contributed by atoms with van der Waals surface area (Å²) in [5, 5.41) is 3.26. The highest BCUT2D eigenvalue weighted by Crippen LogP contribution is 2.37. The molecule has 1 saturated carbocycles. The van der Waals surface area contributed by atoms with Gasteiger partial charge >= 0.3 is 0 Å². The fourth-order valence-electron chi connectivity index (χ4n) is 3.61. The van der Waals surface area contributed by atoms with E-state index >= 15 is 0 Å². The van der Waals surface area contributed by atoms with Crippen LogP contribution in [0.2, 0.25) is 0 Å². The third kappa shape index (κ3) is 4.02. The van der Waals surface area contributed by atoms with Crippen LogP contribution in [0, 0.1) is 29.4 Å². The fourth-order valence-corrected chi connectivity index (χ4v) is 3.61. The van der Waals surface area contributed by atoms with E-state index in [-0.39, 0.29) is 0 Å². The van der Waals surface area contributed by atoms with Crippen LogP contribution in [0.1, 0.15) is 38.2 Å². The van der Waals surface area contributed by atoms with Crippen molar-refractivity contribution in [1.29, 1.82) is 0 Å². The molecule has 1 aromatic rings. The van der Waals surface area contributed by atoms with Gasteiger partial charge in [-0.2, -0.15) is 0 Å². The summed E-state index contributed by atoms with van der Waals surface area (Å²) in [4.78, 5) is 0. The molecule has 0 heterocycles. The summed E-state index contributed by atoms with van der Waals surface area (Å²) in [6.07, 6.45) is 5.69. The number of hydrogen-bond donors (Lipinski definition) is 1. The van der Waals surface area contributed by atoms with Crippen LogP contribution in [0.3, 0.4) is 0 Å². The molecule has 2 rings (SSSR count). The first-order valence-electron chi connectivity index (χ1n) is 7.72. The molecule has 0 aliphatic heterocycles. The average molecular weight is 281 g/mol. The van der Waals surface area contributed by atoms with Gasteiger partial charge in [0.25, 0.3) is 0 Å². The average Bonchev–Trinajstić information content (AvgIpc) is 2.40. The Bertz CT molecular complexity index is 413. The lowest BCUT2D eigenvalue weighted by molar-refractivity contribution is 0.173. The van der Waals surface area contributed by atoms with Crippen molar-refractivity contribution in [3.63, 3.8) is 0 Å².